The van der Waals surface area contributed by atoms with Crippen molar-refractivity contribution in [3.8, 4) is 0 Å². The first-order valence-corrected chi connectivity index (χ1v) is 5.57. The summed E-state index contributed by atoms with van der Waals surface area (Å²) in [4.78, 5) is 30.7. The van der Waals surface area contributed by atoms with Gasteiger partial charge in [-0.05, 0) is 6.92 Å². The Labute approximate surface area is 94.3 Å². The minimum absolute atomic E-state index is 0.255. The molecule has 0 saturated carbocycles. The number of ketones is 3. The van der Waals surface area contributed by atoms with Crippen molar-refractivity contribution in [2.75, 3.05) is 0 Å². The third-order valence-electron chi connectivity index (χ3n) is 0.802. The third-order valence-corrected chi connectivity index (χ3v) is 0.802. The van der Waals surface area contributed by atoms with Crippen LogP contribution in [0.3, 0.4) is 0 Å². The topological polar surface area (TPSA) is 51.2 Å². The minimum atomic E-state index is -0.609. The monoisotopic (exact) mass is 218 g/mol. The lowest BCUT2D eigenvalue weighted by Gasteiger charge is -1.87. The molecule has 15 heavy (non-hydrogen) atoms. The van der Waals surface area contributed by atoms with Crippen molar-refractivity contribution in [3.05, 3.63) is 0 Å². The second kappa shape index (κ2) is 23.1. The van der Waals surface area contributed by atoms with Gasteiger partial charge in [0.2, 0.25) is 5.78 Å². The summed E-state index contributed by atoms with van der Waals surface area (Å²) in [5, 5.41) is 0. The van der Waals surface area contributed by atoms with E-state index in [1.807, 2.05) is 41.5 Å². The van der Waals surface area contributed by atoms with Gasteiger partial charge in [0.25, 0.3) is 0 Å². The lowest BCUT2D eigenvalue weighted by Crippen LogP contribution is -2.12. The fourth-order valence-electron chi connectivity index (χ4n) is 0.351. The van der Waals surface area contributed by atoms with Crippen LogP contribution in [0.2, 0.25) is 0 Å². The van der Waals surface area contributed by atoms with Crippen LogP contribution in [0, 0.1) is 0 Å². The highest BCUT2D eigenvalue weighted by molar-refractivity contribution is 6.39. The molecule has 0 bridgehead atoms. The van der Waals surface area contributed by atoms with Gasteiger partial charge in [-0.15, -0.1) is 0 Å². The second-order valence-electron chi connectivity index (χ2n) is 1.86. The Morgan fingerprint density at radius 3 is 1.07 bits per heavy atom. The molecule has 0 amide bonds. The maximum Gasteiger partial charge on any atom is 0.205 e. The lowest BCUT2D eigenvalue weighted by molar-refractivity contribution is -0.137. The molecule has 0 radical (unpaired) electrons. The van der Waals surface area contributed by atoms with Gasteiger partial charge in [-0.3, -0.25) is 14.4 Å². The van der Waals surface area contributed by atoms with Crippen LogP contribution in [0.5, 0.6) is 0 Å². The molecular formula is C12H26O3. The van der Waals surface area contributed by atoms with Crippen molar-refractivity contribution >= 4 is 17.3 Å². The summed E-state index contributed by atoms with van der Waals surface area (Å²) in [6.07, 6.45) is -0.255. The molecule has 3 nitrogen and oxygen atoms in total. The predicted octanol–water partition coefficient (Wildman–Crippen LogP) is 3.20. The second-order valence-corrected chi connectivity index (χ2v) is 1.86. The van der Waals surface area contributed by atoms with Crippen LogP contribution >= 0.6 is 0 Å². The van der Waals surface area contributed by atoms with Gasteiger partial charge in [0.1, 0.15) is 5.78 Å². The summed E-state index contributed by atoms with van der Waals surface area (Å²) >= 11 is 0. The molecule has 0 unspecified atom stereocenters. The molecule has 0 fully saturated rings. The number of Topliss-reactive ketones (excluding diaryl/α,β-unsaturated/α-hetero) is 3. The summed E-state index contributed by atoms with van der Waals surface area (Å²) in [5.74, 6) is -1.43. The zero-order valence-corrected chi connectivity index (χ0v) is 11.4. The van der Waals surface area contributed by atoms with Crippen molar-refractivity contribution in [2.45, 2.75) is 61.8 Å². The summed E-state index contributed by atoms with van der Waals surface area (Å²) in [6.45, 7) is 14.4. The highest BCUT2D eigenvalue weighted by Crippen LogP contribution is 1.85. The van der Waals surface area contributed by atoms with Crippen LogP contribution in [0.4, 0.5) is 0 Å². The number of hydrogen-bond acceptors (Lipinski definition) is 3. The Morgan fingerprint density at radius 2 is 1.00 bits per heavy atom. The molecule has 0 aromatic rings. The fraction of sp³-hybridized carbons (Fsp3) is 0.750. The van der Waals surface area contributed by atoms with Crippen LogP contribution in [0.15, 0.2) is 0 Å². The van der Waals surface area contributed by atoms with Crippen molar-refractivity contribution in [1.82, 2.24) is 0 Å². The number of carbonyl (C=O) groups is 3. The Balaban J connectivity index is -0.0000000860. The van der Waals surface area contributed by atoms with E-state index >= 15 is 0 Å². The normalized spacial score (nSPS) is 6.40. The van der Waals surface area contributed by atoms with Gasteiger partial charge in [-0.25, -0.2) is 0 Å². The van der Waals surface area contributed by atoms with Crippen molar-refractivity contribution in [3.63, 3.8) is 0 Å². The summed E-state index contributed by atoms with van der Waals surface area (Å²) in [7, 11) is 0. The zero-order chi connectivity index (χ0) is 13.4. The van der Waals surface area contributed by atoms with Crippen molar-refractivity contribution < 1.29 is 14.4 Å². The van der Waals surface area contributed by atoms with Gasteiger partial charge < -0.3 is 0 Å². The third kappa shape index (κ3) is 32.1. The van der Waals surface area contributed by atoms with E-state index in [-0.39, 0.29) is 12.2 Å². The molecule has 0 aliphatic heterocycles. The standard InChI is InChI=1S/C6H8O3.3C2H6/c1-4(7)3-6(9)5(2)8;3*1-2/h3H2,1-2H3;3*1-2H3. The SMILES string of the molecule is CC.CC.CC.CC(=O)CC(=O)C(C)=O. The molecule has 92 valence electrons. The van der Waals surface area contributed by atoms with Crippen molar-refractivity contribution in [1.29, 1.82) is 0 Å². The Bertz CT molecular complexity index is 160. The molecule has 0 saturated heterocycles. The van der Waals surface area contributed by atoms with E-state index in [0.29, 0.717) is 0 Å². The van der Waals surface area contributed by atoms with Gasteiger partial charge >= 0.3 is 0 Å². The Kier molecular flexibility index (Phi) is 36.5. The highest BCUT2D eigenvalue weighted by Gasteiger charge is 2.08. The van der Waals surface area contributed by atoms with Gasteiger partial charge in [-0.1, -0.05) is 41.5 Å². The molecular weight excluding hydrogens is 192 g/mol. The van der Waals surface area contributed by atoms with E-state index < -0.39 is 11.6 Å². The molecule has 0 spiro atoms. The first-order chi connectivity index (χ1) is 7.04. The molecule has 0 aromatic carbocycles. The quantitative estimate of drug-likeness (QED) is 0.540. The van der Waals surface area contributed by atoms with Crippen LogP contribution in [-0.2, 0) is 14.4 Å². The van der Waals surface area contributed by atoms with Crippen LogP contribution in [0.25, 0.3) is 0 Å². The number of hydrogen-bond donors (Lipinski definition) is 0. The first-order valence-electron chi connectivity index (χ1n) is 5.57. The van der Waals surface area contributed by atoms with Crippen LogP contribution in [0.1, 0.15) is 61.8 Å². The fourth-order valence-corrected chi connectivity index (χ4v) is 0.351. The average Bonchev–Trinajstić information content (AvgIpc) is 2.25. The minimum Gasteiger partial charge on any atom is -0.300 e. The molecule has 0 heterocycles. The highest BCUT2D eigenvalue weighted by atomic mass is 16.2. The Hall–Kier alpha value is -0.990. The molecule has 3 heteroatoms. The van der Waals surface area contributed by atoms with Gasteiger partial charge in [0.15, 0.2) is 5.78 Å². The largest absolute Gasteiger partial charge is 0.300 e. The van der Waals surface area contributed by atoms with Gasteiger partial charge in [0, 0.05) is 6.92 Å². The van der Waals surface area contributed by atoms with E-state index in [4.69, 9.17) is 0 Å². The molecule has 0 aliphatic carbocycles. The van der Waals surface area contributed by atoms with Crippen LogP contribution in [-0.4, -0.2) is 17.3 Å². The molecule has 0 atom stereocenters. The maximum absolute atomic E-state index is 10.4. The molecule has 0 N–H and O–H groups in total. The number of carbonyl (C=O) groups excluding carboxylic acids is 3. The summed E-state index contributed by atoms with van der Waals surface area (Å²) < 4.78 is 0. The lowest BCUT2D eigenvalue weighted by atomic mass is 10.2. The molecule has 0 aromatic heterocycles. The molecule has 0 rings (SSSR count). The smallest absolute Gasteiger partial charge is 0.205 e. The van der Waals surface area contributed by atoms with Gasteiger partial charge in [-0.2, -0.15) is 0 Å². The van der Waals surface area contributed by atoms with E-state index in [9.17, 15) is 14.4 Å². The maximum atomic E-state index is 10.4. The van der Waals surface area contributed by atoms with E-state index in [1.165, 1.54) is 6.92 Å². The van der Waals surface area contributed by atoms with Crippen molar-refractivity contribution in [2.24, 2.45) is 0 Å². The number of rotatable bonds is 3. The summed E-state index contributed by atoms with van der Waals surface area (Å²) in [5.41, 5.74) is 0. The zero-order valence-electron chi connectivity index (χ0n) is 11.4. The average molecular weight is 218 g/mol. The summed E-state index contributed by atoms with van der Waals surface area (Å²) in [6, 6.07) is 0. The Morgan fingerprint density at radius 1 is 0.733 bits per heavy atom. The van der Waals surface area contributed by atoms with Gasteiger partial charge in [0.05, 0.1) is 6.42 Å². The van der Waals surface area contributed by atoms with Crippen LogP contribution < -0.4 is 0 Å². The van der Waals surface area contributed by atoms with E-state index in [0.717, 1.165) is 6.92 Å². The molecule has 0 aliphatic rings. The van der Waals surface area contributed by atoms with E-state index in [2.05, 4.69) is 0 Å². The first kappa shape index (κ1) is 23.7. The van der Waals surface area contributed by atoms with E-state index in [1.54, 1.807) is 0 Å². The predicted molar refractivity (Wildman–Crippen MR) is 65.0 cm³/mol.